The van der Waals surface area contributed by atoms with Crippen LogP contribution in [0.2, 0.25) is 0 Å². The molecule has 0 saturated heterocycles. The van der Waals surface area contributed by atoms with Gasteiger partial charge < -0.3 is 4.74 Å². The van der Waals surface area contributed by atoms with Crippen molar-refractivity contribution in [2.45, 2.75) is 0 Å². The molecule has 0 bridgehead atoms. The largest absolute Gasteiger partial charge is 0.456 e. The molecule has 2 heteroatoms. The van der Waals surface area contributed by atoms with E-state index in [0.717, 1.165) is 17.1 Å². The second-order valence-corrected chi connectivity index (χ2v) is 10.4. The van der Waals surface area contributed by atoms with Gasteiger partial charge in [0.25, 0.3) is 0 Å². The molecule has 1 nitrogen and oxygen atoms in total. The Kier molecular flexibility index (Phi) is 4.16. The molecular weight excluding hydrogens is 456 g/mol. The van der Waals surface area contributed by atoms with E-state index >= 15 is 0 Å². The summed E-state index contributed by atoms with van der Waals surface area (Å²) >= 11 is 1.86. The van der Waals surface area contributed by atoms with Crippen molar-refractivity contribution in [3.05, 3.63) is 121 Å². The number of hydrogen-bond donors (Lipinski definition) is 0. The molecule has 6 aromatic carbocycles. The van der Waals surface area contributed by atoms with Crippen molar-refractivity contribution >= 4 is 42.3 Å². The Morgan fingerprint density at radius 2 is 1.17 bits per heavy atom. The summed E-state index contributed by atoms with van der Waals surface area (Å²) in [5.41, 5.74) is 7.31. The lowest BCUT2D eigenvalue weighted by Crippen LogP contribution is -1.97. The molecular formula is C34H20OS. The van der Waals surface area contributed by atoms with Crippen molar-refractivity contribution in [1.29, 1.82) is 0 Å². The minimum absolute atomic E-state index is 0.914. The predicted octanol–water partition coefficient (Wildman–Crippen LogP) is 10.3. The van der Waals surface area contributed by atoms with Gasteiger partial charge in [-0.25, -0.2) is 0 Å². The molecule has 0 radical (unpaired) electrons. The second-order valence-electron chi connectivity index (χ2n) is 9.33. The van der Waals surface area contributed by atoms with E-state index in [1.54, 1.807) is 0 Å². The topological polar surface area (TPSA) is 9.23 Å². The summed E-state index contributed by atoms with van der Waals surface area (Å²) in [6, 6.07) is 43.6. The van der Waals surface area contributed by atoms with E-state index in [1.807, 2.05) is 11.3 Å². The minimum Gasteiger partial charge on any atom is -0.456 e. The lowest BCUT2D eigenvalue weighted by Gasteiger charge is -2.22. The zero-order valence-electron chi connectivity index (χ0n) is 19.4. The minimum atomic E-state index is 0.914. The van der Waals surface area contributed by atoms with Crippen LogP contribution in [-0.4, -0.2) is 0 Å². The van der Waals surface area contributed by atoms with E-state index in [-0.39, 0.29) is 0 Å². The van der Waals surface area contributed by atoms with Gasteiger partial charge >= 0.3 is 0 Å². The van der Waals surface area contributed by atoms with Gasteiger partial charge in [-0.2, -0.15) is 0 Å². The van der Waals surface area contributed by atoms with Crippen molar-refractivity contribution in [3.8, 4) is 44.9 Å². The van der Waals surface area contributed by atoms with Crippen LogP contribution in [0.4, 0.5) is 0 Å². The van der Waals surface area contributed by atoms with Gasteiger partial charge in [0.05, 0.1) is 0 Å². The van der Waals surface area contributed by atoms with Crippen molar-refractivity contribution < 1.29 is 4.74 Å². The van der Waals surface area contributed by atoms with Crippen LogP contribution in [0.3, 0.4) is 0 Å². The van der Waals surface area contributed by atoms with Crippen LogP contribution in [0, 0.1) is 0 Å². The summed E-state index contributed by atoms with van der Waals surface area (Å²) in [6.07, 6.45) is 0. The number of benzene rings is 6. The number of hydrogen-bond acceptors (Lipinski definition) is 2. The highest BCUT2D eigenvalue weighted by atomic mass is 32.1. The van der Waals surface area contributed by atoms with Crippen LogP contribution in [0.15, 0.2) is 121 Å². The molecule has 0 saturated carbocycles. The van der Waals surface area contributed by atoms with E-state index in [4.69, 9.17) is 4.74 Å². The Labute approximate surface area is 212 Å². The average molecular weight is 477 g/mol. The Morgan fingerprint density at radius 1 is 0.444 bits per heavy atom. The van der Waals surface area contributed by atoms with Crippen LogP contribution in [0.1, 0.15) is 0 Å². The van der Waals surface area contributed by atoms with Crippen molar-refractivity contribution in [1.82, 2.24) is 0 Å². The molecule has 0 amide bonds. The van der Waals surface area contributed by atoms with Gasteiger partial charge in [0.2, 0.25) is 0 Å². The molecule has 0 atom stereocenters. The van der Waals surface area contributed by atoms with Crippen molar-refractivity contribution in [3.63, 3.8) is 0 Å². The highest BCUT2D eigenvalue weighted by Crippen LogP contribution is 2.47. The molecule has 2 heterocycles. The maximum atomic E-state index is 6.29. The fourth-order valence-electron chi connectivity index (χ4n) is 5.60. The van der Waals surface area contributed by atoms with Crippen LogP contribution in [0.5, 0.6) is 11.5 Å². The van der Waals surface area contributed by atoms with Gasteiger partial charge in [-0.3, -0.25) is 0 Å². The average Bonchev–Trinajstić information content (AvgIpc) is 3.32. The summed E-state index contributed by atoms with van der Waals surface area (Å²) in [4.78, 5) is 0. The normalized spacial score (nSPS) is 12.1. The molecule has 1 aliphatic heterocycles. The van der Waals surface area contributed by atoms with Gasteiger partial charge in [0.1, 0.15) is 11.5 Å². The maximum absolute atomic E-state index is 6.29. The Balaban J connectivity index is 1.23. The summed E-state index contributed by atoms with van der Waals surface area (Å²) < 4.78 is 8.96. The molecule has 1 aromatic heterocycles. The third-order valence-electron chi connectivity index (χ3n) is 7.29. The monoisotopic (exact) mass is 476 g/mol. The standard InChI is InChI=1S/C34H20OS/c1-2-12-31-27(8-1)34-25(9-5-13-32(34)36-31)22-16-14-21(15-17-22)24-18-19-29-28(20-24)26-10-3-6-23-7-4-11-30(35-29)33(23)26/h1-20H. The van der Waals surface area contributed by atoms with Crippen molar-refractivity contribution in [2.75, 3.05) is 0 Å². The Morgan fingerprint density at radius 3 is 2.08 bits per heavy atom. The molecule has 0 spiro atoms. The number of fused-ring (bicyclic) bond motifs is 5. The molecule has 8 rings (SSSR count). The first-order valence-corrected chi connectivity index (χ1v) is 13.0. The molecule has 1 aliphatic rings. The maximum Gasteiger partial charge on any atom is 0.135 e. The lowest BCUT2D eigenvalue weighted by molar-refractivity contribution is 0.487. The number of thiophene rings is 1. The third-order valence-corrected chi connectivity index (χ3v) is 8.42. The molecule has 168 valence electrons. The second kappa shape index (κ2) is 7.55. The van der Waals surface area contributed by atoms with Gasteiger partial charge in [0, 0.05) is 31.1 Å². The fourth-order valence-corrected chi connectivity index (χ4v) is 6.73. The van der Waals surface area contributed by atoms with Crippen LogP contribution in [-0.2, 0) is 0 Å². The molecule has 0 aliphatic carbocycles. The molecule has 36 heavy (non-hydrogen) atoms. The predicted molar refractivity (Wildman–Crippen MR) is 153 cm³/mol. The van der Waals surface area contributed by atoms with Crippen LogP contribution in [0.25, 0.3) is 64.3 Å². The summed E-state index contributed by atoms with van der Waals surface area (Å²) in [5, 5.41) is 5.08. The molecule has 0 N–H and O–H groups in total. The summed E-state index contributed by atoms with van der Waals surface area (Å²) in [7, 11) is 0. The number of rotatable bonds is 2. The van der Waals surface area contributed by atoms with E-state index < -0.39 is 0 Å². The highest BCUT2D eigenvalue weighted by Gasteiger charge is 2.20. The zero-order chi connectivity index (χ0) is 23.6. The Bertz CT molecular complexity index is 1960. The van der Waals surface area contributed by atoms with Crippen LogP contribution >= 0.6 is 11.3 Å². The summed E-state index contributed by atoms with van der Waals surface area (Å²) in [5.74, 6) is 1.85. The SMILES string of the molecule is c1cc2c3c(cccc3c1)-c1cc(-c3ccc(-c4cccc5sc6ccccc6c45)cc3)ccc1O2. The fraction of sp³-hybridized carbons (Fsp3) is 0. The van der Waals surface area contributed by atoms with Crippen LogP contribution < -0.4 is 4.74 Å². The number of ether oxygens (including phenoxy) is 1. The smallest absolute Gasteiger partial charge is 0.135 e. The first kappa shape index (κ1) is 19.9. The molecule has 0 fully saturated rings. The quantitative estimate of drug-likeness (QED) is 0.241. The van der Waals surface area contributed by atoms with Gasteiger partial charge in [-0.1, -0.05) is 91.0 Å². The van der Waals surface area contributed by atoms with Crippen molar-refractivity contribution in [2.24, 2.45) is 0 Å². The van der Waals surface area contributed by atoms with E-state index in [2.05, 4.69) is 121 Å². The van der Waals surface area contributed by atoms with Gasteiger partial charge in [-0.05, 0) is 63.5 Å². The lowest BCUT2D eigenvalue weighted by atomic mass is 9.91. The van der Waals surface area contributed by atoms with Gasteiger partial charge in [-0.15, -0.1) is 11.3 Å². The first-order valence-electron chi connectivity index (χ1n) is 12.2. The third kappa shape index (κ3) is 2.89. The van der Waals surface area contributed by atoms with E-state index in [9.17, 15) is 0 Å². The molecule has 7 aromatic rings. The van der Waals surface area contributed by atoms with E-state index in [1.165, 1.54) is 58.8 Å². The summed E-state index contributed by atoms with van der Waals surface area (Å²) in [6.45, 7) is 0. The first-order chi connectivity index (χ1) is 17.8. The highest BCUT2D eigenvalue weighted by molar-refractivity contribution is 7.25. The van der Waals surface area contributed by atoms with Gasteiger partial charge in [0.15, 0.2) is 0 Å². The van der Waals surface area contributed by atoms with E-state index in [0.29, 0.717) is 0 Å². The molecule has 0 unspecified atom stereocenters. The Hall–Kier alpha value is -4.40. The zero-order valence-corrected chi connectivity index (χ0v) is 20.2.